The minimum atomic E-state index is -0.923. The van der Waals surface area contributed by atoms with Gasteiger partial charge in [0.15, 0.2) is 0 Å². The van der Waals surface area contributed by atoms with Gasteiger partial charge in [0.25, 0.3) is 5.91 Å². The quantitative estimate of drug-likeness (QED) is 0.863. The molecule has 0 spiro atoms. The maximum atomic E-state index is 12.4. The molecule has 0 unspecified atom stereocenters. The standard InChI is InChI=1S/C14H14N2O3/c17-13(16-7-1-2-12(16)14(18)19)10-3-4-11-9(8-10)5-6-15-11/h3-6,8,12,15H,1-2,7H2,(H,18,19)/t12-/m0/s1. The molecule has 19 heavy (non-hydrogen) atoms. The van der Waals surface area contributed by atoms with E-state index < -0.39 is 12.0 Å². The van der Waals surface area contributed by atoms with E-state index in [0.29, 0.717) is 18.5 Å². The van der Waals surface area contributed by atoms with E-state index in [4.69, 9.17) is 5.11 Å². The highest BCUT2D eigenvalue weighted by atomic mass is 16.4. The van der Waals surface area contributed by atoms with Crippen LogP contribution >= 0.6 is 0 Å². The minimum absolute atomic E-state index is 0.201. The van der Waals surface area contributed by atoms with Gasteiger partial charge in [-0.2, -0.15) is 0 Å². The van der Waals surface area contributed by atoms with Crippen LogP contribution < -0.4 is 0 Å². The van der Waals surface area contributed by atoms with Crippen molar-refractivity contribution >= 4 is 22.8 Å². The van der Waals surface area contributed by atoms with Crippen LogP contribution in [0.5, 0.6) is 0 Å². The number of carboxylic acid groups (broad SMARTS) is 1. The molecule has 0 bridgehead atoms. The number of rotatable bonds is 2. The fourth-order valence-electron chi connectivity index (χ4n) is 2.62. The average Bonchev–Trinajstić information content (AvgIpc) is 3.05. The van der Waals surface area contributed by atoms with Gasteiger partial charge in [0.1, 0.15) is 6.04 Å². The lowest BCUT2D eigenvalue weighted by molar-refractivity contribution is -0.141. The predicted octanol–water partition coefficient (Wildman–Crippen LogP) is 1.86. The van der Waals surface area contributed by atoms with Crippen molar-refractivity contribution in [2.24, 2.45) is 0 Å². The van der Waals surface area contributed by atoms with E-state index in [0.717, 1.165) is 17.3 Å². The fraction of sp³-hybridized carbons (Fsp3) is 0.286. The highest BCUT2D eigenvalue weighted by Gasteiger charge is 2.34. The van der Waals surface area contributed by atoms with E-state index in [1.807, 2.05) is 18.3 Å². The van der Waals surface area contributed by atoms with Gasteiger partial charge in [-0.3, -0.25) is 4.79 Å². The van der Waals surface area contributed by atoms with E-state index in [1.54, 1.807) is 12.1 Å². The topological polar surface area (TPSA) is 73.4 Å². The Morgan fingerprint density at radius 3 is 2.95 bits per heavy atom. The SMILES string of the molecule is O=C(O)[C@@H]1CCCN1C(=O)c1ccc2[nH]ccc2c1. The molecule has 1 aliphatic heterocycles. The van der Waals surface area contributed by atoms with Gasteiger partial charge in [-0.25, -0.2) is 4.79 Å². The molecule has 98 valence electrons. The summed E-state index contributed by atoms with van der Waals surface area (Å²) in [7, 11) is 0. The number of likely N-dealkylation sites (tertiary alicyclic amines) is 1. The van der Waals surface area contributed by atoms with Gasteiger partial charge in [-0.05, 0) is 37.1 Å². The summed E-state index contributed by atoms with van der Waals surface area (Å²) >= 11 is 0. The number of benzene rings is 1. The third-order valence-electron chi connectivity index (χ3n) is 3.60. The molecular weight excluding hydrogens is 244 g/mol. The molecule has 2 N–H and O–H groups in total. The number of aliphatic carboxylic acids is 1. The summed E-state index contributed by atoms with van der Waals surface area (Å²) in [6.07, 6.45) is 3.09. The molecular formula is C14H14N2O3. The summed E-state index contributed by atoms with van der Waals surface area (Å²) in [4.78, 5) is 28.0. The first-order valence-corrected chi connectivity index (χ1v) is 6.28. The zero-order valence-electron chi connectivity index (χ0n) is 10.3. The number of H-pyrrole nitrogens is 1. The van der Waals surface area contributed by atoms with Crippen LogP contribution in [-0.2, 0) is 4.79 Å². The number of aromatic nitrogens is 1. The number of carbonyl (C=O) groups excluding carboxylic acids is 1. The molecule has 1 amide bonds. The fourth-order valence-corrected chi connectivity index (χ4v) is 2.62. The van der Waals surface area contributed by atoms with Gasteiger partial charge in [-0.15, -0.1) is 0 Å². The number of aromatic amines is 1. The normalized spacial score (nSPS) is 18.9. The van der Waals surface area contributed by atoms with Gasteiger partial charge in [0, 0.05) is 29.2 Å². The van der Waals surface area contributed by atoms with Crippen molar-refractivity contribution in [2.75, 3.05) is 6.54 Å². The highest BCUT2D eigenvalue weighted by molar-refractivity contribution is 6.00. The maximum Gasteiger partial charge on any atom is 0.326 e. The molecule has 1 aromatic carbocycles. The number of carboxylic acids is 1. The summed E-state index contributed by atoms with van der Waals surface area (Å²) in [6, 6.07) is 6.58. The average molecular weight is 258 g/mol. The van der Waals surface area contributed by atoms with Crippen LogP contribution in [0.2, 0.25) is 0 Å². The Kier molecular flexibility index (Phi) is 2.74. The van der Waals surface area contributed by atoms with Crippen molar-refractivity contribution in [2.45, 2.75) is 18.9 Å². The first kappa shape index (κ1) is 11.8. The monoisotopic (exact) mass is 258 g/mol. The van der Waals surface area contributed by atoms with Crippen molar-refractivity contribution in [3.8, 4) is 0 Å². The van der Waals surface area contributed by atoms with Gasteiger partial charge in [-0.1, -0.05) is 0 Å². The van der Waals surface area contributed by atoms with E-state index in [2.05, 4.69) is 4.98 Å². The van der Waals surface area contributed by atoms with Crippen molar-refractivity contribution in [3.05, 3.63) is 36.0 Å². The van der Waals surface area contributed by atoms with E-state index in [9.17, 15) is 9.59 Å². The molecule has 1 fully saturated rings. The van der Waals surface area contributed by atoms with Crippen LogP contribution in [0.1, 0.15) is 23.2 Å². The first-order valence-electron chi connectivity index (χ1n) is 6.28. The van der Waals surface area contributed by atoms with Crippen LogP contribution in [-0.4, -0.2) is 39.5 Å². The predicted molar refractivity (Wildman–Crippen MR) is 70.0 cm³/mol. The van der Waals surface area contributed by atoms with Crippen LogP contribution in [0, 0.1) is 0 Å². The summed E-state index contributed by atoms with van der Waals surface area (Å²) in [5, 5.41) is 10.1. The van der Waals surface area contributed by atoms with Gasteiger partial charge in [0.05, 0.1) is 0 Å². The molecule has 2 heterocycles. The van der Waals surface area contributed by atoms with Crippen LogP contribution in [0.25, 0.3) is 10.9 Å². The Balaban J connectivity index is 1.92. The van der Waals surface area contributed by atoms with Crippen LogP contribution in [0.4, 0.5) is 0 Å². The molecule has 5 nitrogen and oxygen atoms in total. The summed E-state index contributed by atoms with van der Waals surface area (Å²) in [6.45, 7) is 0.515. The number of carbonyl (C=O) groups is 2. The number of hydrogen-bond donors (Lipinski definition) is 2. The number of fused-ring (bicyclic) bond motifs is 1. The maximum absolute atomic E-state index is 12.4. The Bertz CT molecular complexity index is 647. The molecule has 1 aromatic heterocycles. The second-order valence-electron chi connectivity index (χ2n) is 4.77. The van der Waals surface area contributed by atoms with Crippen molar-refractivity contribution in [3.63, 3.8) is 0 Å². The van der Waals surface area contributed by atoms with E-state index in [-0.39, 0.29) is 5.91 Å². The number of nitrogens with one attached hydrogen (secondary N) is 1. The molecule has 1 atom stereocenters. The van der Waals surface area contributed by atoms with Crippen molar-refractivity contribution in [1.82, 2.24) is 9.88 Å². The number of nitrogens with zero attached hydrogens (tertiary/aromatic N) is 1. The lowest BCUT2D eigenvalue weighted by Gasteiger charge is -2.21. The number of hydrogen-bond acceptors (Lipinski definition) is 2. The molecule has 0 saturated carbocycles. The zero-order chi connectivity index (χ0) is 13.4. The van der Waals surface area contributed by atoms with Crippen molar-refractivity contribution < 1.29 is 14.7 Å². The van der Waals surface area contributed by atoms with Crippen molar-refractivity contribution in [1.29, 1.82) is 0 Å². The molecule has 3 rings (SSSR count). The Hall–Kier alpha value is -2.30. The van der Waals surface area contributed by atoms with E-state index in [1.165, 1.54) is 4.90 Å². The second kappa shape index (κ2) is 4.42. The zero-order valence-corrected chi connectivity index (χ0v) is 10.3. The van der Waals surface area contributed by atoms with E-state index >= 15 is 0 Å². The molecule has 1 aliphatic rings. The minimum Gasteiger partial charge on any atom is -0.480 e. The Labute approximate surface area is 109 Å². The smallest absolute Gasteiger partial charge is 0.326 e. The van der Waals surface area contributed by atoms with Gasteiger partial charge in [0.2, 0.25) is 0 Å². The van der Waals surface area contributed by atoms with Crippen LogP contribution in [0.15, 0.2) is 30.5 Å². The van der Waals surface area contributed by atoms with Gasteiger partial charge >= 0.3 is 5.97 Å². The summed E-state index contributed by atoms with van der Waals surface area (Å²) in [5.41, 5.74) is 1.51. The second-order valence-corrected chi connectivity index (χ2v) is 4.77. The molecule has 0 aliphatic carbocycles. The summed E-state index contributed by atoms with van der Waals surface area (Å²) in [5.74, 6) is -1.12. The number of amides is 1. The third kappa shape index (κ3) is 1.97. The highest BCUT2D eigenvalue weighted by Crippen LogP contribution is 2.22. The molecule has 0 radical (unpaired) electrons. The Morgan fingerprint density at radius 1 is 1.32 bits per heavy atom. The summed E-state index contributed by atoms with van der Waals surface area (Å²) < 4.78 is 0. The Morgan fingerprint density at radius 2 is 2.16 bits per heavy atom. The third-order valence-corrected chi connectivity index (χ3v) is 3.60. The molecule has 1 saturated heterocycles. The lowest BCUT2D eigenvalue weighted by atomic mass is 10.1. The molecule has 5 heteroatoms. The van der Waals surface area contributed by atoms with Gasteiger partial charge < -0.3 is 15.0 Å². The lowest BCUT2D eigenvalue weighted by Crippen LogP contribution is -2.40. The largest absolute Gasteiger partial charge is 0.480 e. The molecule has 2 aromatic rings. The van der Waals surface area contributed by atoms with Crippen LogP contribution in [0.3, 0.4) is 0 Å². The first-order chi connectivity index (χ1) is 9.16.